The molecule has 1 unspecified atom stereocenters. The second-order valence-electron chi connectivity index (χ2n) is 6.83. The molecule has 6 nitrogen and oxygen atoms in total. The molecule has 3 rings (SSSR count). The normalized spacial score (nSPS) is 13.6. The predicted octanol–water partition coefficient (Wildman–Crippen LogP) is 6.00. The quantitative estimate of drug-likeness (QED) is 0.221. The van der Waals surface area contributed by atoms with Crippen molar-refractivity contribution in [3.8, 4) is 0 Å². The number of hydrogen-bond donors (Lipinski definition) is 3. The van der Waals surface area contributed by atoms with E-state index in [-0.39, 0.29) is 0 Å². The van der Waals surface area contributed by atoms with E-state index < -0.39 is 40.2 Å². The van der Waals surface area contributed by atoms with Crippen molar-refractivity contribution in [3.05, 3.63) is 82.9 Å². The fourth-order valence-corrected chi connectivity index (χ4v) is 4.57. The zero-order chi connectivity index (χ0) is 24.2. The largest absolute Gasteiger partial charge is 0.389 e. The Balaban J connectivity index is 1.65. The molecule has 33 heavy (non-hydrogen) atoms. The van der Waals surface area contributed by atoms with Crippen molar-refractivity contribution in [2.45, 2.75) is 23.7 Å². The molecule has 3 aromatic carbocycles. The molecular weight excluding hydrogens is 506 g/mol. The van der Waals surface area contributed by atoms with Gasteiger partial charge in [-0.1, -0.05) is 48.5 Å². The number of fused-ring (bicyclic) bond motifs is 1. The molecule has 1 atom stereocenters. The van der Waals surface area contributed by atoms with Crippen molar-refractivity contribution in [3.63, 3.8) is 0 Å². The predicted molar refractivity (Wildman–Crippen MR) is 118 cm³/mol. The first-order chi connectivity index (χ1) is 15.5. The van der Waals surface area contributed by atoms with Crippen molar-refractivity contribution in [1.29, 1.82) is 0 Å². The Kier molecular flexibility index (Phi) is 8.53. The van der Waals surface area contributed by atoms with Gasteiger partial charge in [-0.15, -0.1) is 0 Å². The highest BCUT2D eigenvalue weighted by atomic mass is 32.2. The van der Waals surface area contributed by atoms with Gasteiger partial charge in [0.1, 0.15) is 0 Å². The average molecular weight is 524 g/mol. The van der Waals surface area contributed by atoms with Crippen LogP contribution in [0.1, 0.15) is 22.3 Å². The molecular formula is C20H18F4O6P2S. The number of benzene rings is 3. The number of alkyl halides is 4. The lowest BCUT2D eigenvalue weighted by atomic mass is 10.0. The summed E-state index contributed by atoms with van der Waals surface area (Å²) in [6.45, 7) is 0. The summed E-state index contributed by atoms with van der Waals surface area (Å²) >= 11 is 1.47. The monoisotopic (exact) mass is 524 g/mol. The van der Waals surface area contributed by atoms with E-state index in [1.165, 1.54) is 36.0 Å². The van der Waals surface area contributed by atoms with E-state index in [2.05, 4.69) is 9.05 Å². The Morgan fingerprint density at radius 2 is 1.39 bits per heavy atom. The van der Waals surface area contributed by atoms with Gasteiger partial charge in [0.05, 0.1) is 11.1 Å². The standard InChI is InChI=1S/C20H18F4O6P2S/c21-19(22,29-31(25)26)17-6-2-13(3-7-17)11-33-12-14-1-4-15-5-8-18(10-16(15)9-14)20(23,24)30-32(27)28/h1-10,27-28,31H,11-12H2,(H,25,26). The van der Waals surface area contributed by atoms with Gasteiger partial charge < -0.3 is 14.7 Å². The summed E-state index contributed by atoms with van der Waals surface area (Å²) in [7, 11) is -7.03. The Bertz CT molecular complexity index is 1130. The van der Waals surface area contributed by atoms with Gasteiger partial charge in [0.2, 0.25) is 0 Å². The fraction of sp³-hybridized carbons (Fsp3) is 0.200. The van der Waals surface area contributed by atoms with Gasteiger partial charge in [0.15, 0.2) is 0 Å². The van der Waals surface area contributed by atoms with Crippen LogP contribution in [0, 0.1) is 0 Å². The van der Waals surface area contributed by atoms with E-state index in [1.54, 1.807) is 12.1 Å². The summed E-state index contributed by atoms with van der Waals surface area (Å²) in [5.41, 5.74) is 0.526. The first-order valence-corrected chi connectivity index (χ1v) is 12.8. The zero-order valence-corrected chi connectivity index (χ0v) is 19.3. The first-order valence-electron chi connectivity index (χ1n) is 9.21. The molecule has 3 aromatic rings. The highest BCUT2D eigenvalue weighted by Gasteiger charge is 2.36. The van der Waals surface area contributed by atoms with Crippen LogP contribution >= 0.6 is 28.6 Å². The lowest BCUT2D eigenvalue weighted by Gasteiger charge is -2.17. The Morgan fingerprint density at radius 3 is 2.03 bits per heavy atom. The third kappa shape index (κ3) is 7.21. The second kappa shape index (κ2) is 10.8. The van der Waals surface area contributed by atoms with E-state index in [0.717, 1.165) is 29.3 Å². The lowest BCUT2D eigenvalue weighted by molar-refractivity contribution is -0.189. The Labute approximate surface area is 192 Å². The molecule has 0 bridgehead atoms. The van der Waals surface area contributed by atoms with Crippen LogP contribution in [-0.2, 0) is 37.3 Å². The van der Waals surface area contributed by atoms with Gasteiger partial charge in [0.25, 0.3) is 0 Å². The van der Waals surface area contributed by atoms with Gasteiger partial charge in [-0.3, -0.25) is 4.57 Å². The summed E-state index contributed by atoms with van der Waals surface area (Å²) in [4.78, 5) is 26.0. The number of rotatable bonds is 10. The molecule has 0 spiro atoms. The summed E-state index contributed by atoms with van der Waals surface area (Å²) in [5.74, 6) is 0.989. The smallest absolute Gasteiger partial charge is 0.328 e. The molecule has 0 fully saturated rings. The van der Waals surface area contributed by atoms with Crippen molar-refractivity contribution in [2.75, 3.05) is 0 Å². The third-order valence-corrected chi connectivity index (χ3v) is 6.38. The van der Waals surface area contributed by atoms with Crippen LogP contribution in [0.4, 0.5) is 17.6 Å². The van der Waals surface area contributed by atoms with Gasteiger partial charge in [-0.05, 0) is 34.0 Å². The van der Waals surface area contributed by atoms with Gasteiger partial charge >= 0.3 is 29.1 Å². The lowest BCUT2D eigenvalue weighted by Crippen LogP contribution is -2.15. The molecule has 13 heteroatoms. The van der Waals surface area contributed by atoms with Gasteiger partial charge in [-0.2, -0.15) is 29.3 Å². The first kappa shape index (κ1) is 26.1. The van der Waals surface area contributed by atoms with Crippen LogP contribution in [0.25, 0.3) is 10.8 Å². The molecule has 0 aromatic heterocycles. The maximum atomic E-state index is 14.0. The molecule has 0 saturated heterocycles. The van der Waals surface area contributed by atoms with Crippen LogP contribution in [0.5, 0.6) is 0 Å². The molecule has 0 aliphatic heterocycles. The molecule has 0 heterocycles. The van der Waals surface area contributed by atoms with Crippen LogP contribution in [0.3, 0.4) is 0 Å². The van der Waals surface area contributed by atoms with Crippen LogP contribution in [0.2, 0.25) is 0 Å². The van der Waals surface area contributed by atoms with Crippen molar-refractivity contribution in [1.82, 2.24) is 0 Å². The summed E-state index contributed by atoms with van der Waals surface area (Å²) < 4.78 is 73.5. The average Bonchev–Trinajstić information content (AvgIpc) is 2.72. The van der Waals surface area contributed by atoms with E-state index in [0.29, 0.717) is 22.3 Å². The van der Waals surface area contributed by atoms with E-state index in [1.807, 2.05) is 6.07 Å². The van der Waals surface area contributed by atoms with E-state index >= 15 is 0 Å². The minimum Gasteiger partial charge on any atom is -0.328 e. The molecule has 0 radical (unpaired) electrons. The maximum Gasteiger partial charge on any atom is 0.389 e. The van der Waals surface area contributed by atoms with Crippen LogP contribution in [0.15, 0.2) is 60.7 Å². The number of hydrogen-bond acceptors (Lipinski definition) is 6. The number of halogens is 4. The molecule has 0 aliphatic carbocycles. The summed E-state index contributed by atoms with van der Waals surface area (Å²) in [6.07, 6.45) is -7.71. The molecule has 3 N–H and O–H groups in total. The molecule has 0 aliphatic rings. The van der Waals surface area contributed by atoms with Crippen molar-refractivity contribution in [2.24, 2.45) is 0 Å². The highest BCUT2D eigenvalue weighted by molar-refractivity contribution is 7.97. The van der Waals surface area contributed by atoms with Gasteiger partial charge in [-0.25, -0.2) is 9.05 Å². The second-order valence-corrected chi connectivity index (χ2v) is 9.24. The molecule has 0 saturated carbocycles. The van der Waals surface area contributed by atoms with E-state index in [9.17, 15) is 22.1 Å². The maximum absolute atomic E-state index is 14.0. The minimum atomic E-state index is -3.86. The highest BCUT2D eigenvalue weighted by Crippen LogP contribution is 2.42. The Hall–Kier alpha value is -1.55. The molecule has 0 amide bonds. The zero-order valence-electron chi connectivity index (χ0n) is 16.6. The van der Waals surface area contributed by atoms with Crippen molar-refractivity contribution >= 4 is 39.4 Å². The van der Waals surface area contributed by atoms with Crippen LogP contribution < -0.4 is 0 Å². The minimum absolute atomic E-state index is 0.476. The Morgan fingerprint density at radius 1 is 0.818 bits per heavy atom. The number of thioether (sulfide) groups is 1. The summed E-state index contributed by atoms with van der Waals surface area (Å²) in [6, 6.07) is 14.3. The van der Waals surface area contributed by atoms with E-state index in [4.69, 9.17) is 14.7 Å². The summed E-state index contributed by atoms with van der Waals surface area (Å²) in [5, 5.41) is 1.23. The SMILES string of the molecule is O=[PH](O)OC(F)(F)c1ccc(CSCc2ccc3ccc(C(F)(F)OP(O)O)cc3c2)cc1. The van der Waals surface area contributed by atoms with Gasteiger partial charge in [0, 0.05) is 11.5 Å². The third-order valence-electron chi connectivity index (χ3n) is 4.48. The van der Waals surface area contributed by atoms with Crippen molar-refractivity contribution < 1.29 is 45.9 Å². The fourth-order valence-electron chi connectivity index (χ4n) is 2.97. The molecule has 178 valence electrons. The topological polar surface area (TPSA) is 96.2 Å². The van der Waals surface area contributed by atoms with Crippen LogP contribution in [-0.4, -0.2) is 14.7 Å².